The third kappa shape index (κ3) is 5.41. The minimum atomic E-state index is 0.266. The summed E-state index contributed by atoms with van der Waals surface area (Å²) in [5.41, 5.74) is 0.266. The van der Waals surface area contributed by atoms with Crippen molar-refractivity contribution in [1.29, 1.82) is 0 Å². The molecule has 2 heteroatoms. The molecule has 0 aromatic rings. The Kier molecular flexibility index (Phi) is 5.68. The molecule has 18 heavy (non-hydrogen) atoms. The third-order valence-electron chi connectivity index (χ3n) is 4.16. The van der Waals surface area contributed by atoms with Crippen molar-refractivity contribution in [3.63, 3.8) is 0 Å². The van der Waals surface area contributed by atoms with Gasteiger partial charge >= 0.3 is 0 Å². The van der Waals surface area contributed by atoms with Crippen LogP contribution in [0.3, 0.4) is 0 Å². The van der Waals surface area contributed by atoms with Crippen LogP contribution in [0, 0.1) is 17.3 Å². The molecule has 2 nitrogen and oxygen atoms in total. The largest absolute Gasteiger partial charge is 0.343 e. The van der Waals surface area contributed by atoms with Crippen molar-refractivity contribution in [3.8, 4) is 0 Å². The van der Waals surface area contributed by atoms with Crippen LogP contribution in [0.5, 0.6) is 0 Å². The number of likely N-dealkylation sites (tertiary alicyclic amines) is 1. The molecule has 1 atom stereocenters. The molecule has 0 aliphatic carbocycles. The first-order valence-corrected chi connectivity index (χ1v) is 7.57. The highest BCUT2D eigenvalue weighted by atomic mass is 16.2. The molecule has 0 saturated carbocycles. The predicted octanol–water partition coefficient (Wildman–Crippen LogP) is 4.10. The Hall–Kier alpha value is -0.530. The van der Waals surface area contributed by atoms with Gasteiger partial charge in [-0.05, 0) is 42.9 Å². The number of nitrogens with zero attached hydrogens (tertiary/aromatic N) is 1. The highest BCUT2D eigenvalue weighted by Gasteiger charge is 2.23. The molecule has 1 amide bonds. The van der Waals surface area contributed by atoms with Gasteiger partial charge in [-0.3, -0.25) is 4.79 Å². The zero-order valence-electron chi connectivity index (χ0n) is 13.0. The average Bonchev–Trinajstić information content (AvgIpc) is 2.50. The standard InChI is InChI=1S/C16H31NO/c1-13(2)14-7-6-11-17(12-9-14)15(18)8-10-16(3,4)5/h13-14H,6-12H2,1-5H3/t14-/m1/s1. The maximum absolute atomic E-state index is 12.2. The molecule has 0 unspecified atom stereocenters. The summed E-state index contributed by atoms with van der Waals surface area (Å²) in [7, 11) is 0. The van der Waals surface area contributed by atoms with E-state index in [9.17, 15) is 4.79 Å². The molecule has 0 spiro atoms. The Morgan fingerprint density at radius 3 is 2.44 bits per heavy atom. The van der Waals surface area contributed by atoms with Crippen LogP contribution >= 0.6 is 0 Å². The van der Waals surface area contributed by atoms with Crippen molar-refractivity contribution < 1.29 is 4.79 Å². The highest BCUT2D eigenvalue weighted by molar-refractivity contribution is 5.76. The first kappa shape index (κ1) is 15.5. The lowest BCUT2D eigenvalue weighted by molar-refractivity contribution is -0.131. The number of hydrogen-bond donors (Lipinski definition) is 0. The van der Waals surface area contributed by atoms with E-state index in [4.69, 9.17) is 0 Å². The summed E-state index contributed by atoms with van der Waals surface area (Å²) in [4.78, 5) is 14.3. The van der Waals surface area contributed by atoms with E-state index in [-0.39, 0.29) is 5.41 Å². The van der Waals surface area contributed by atoms with Crippen LogP contribution in [-0.2, 0) is 4.79 Å². The summed E-state index contributed by atoms with van der Waals surface area (Å²) in [5, 5.41) is 0. The van der Waals surface area contributed by atoms with E-state index < -0.39 is 0 Å². The van der Waals surface area contributed by atoms with Crippen molar-refractivity contribution in [2.45, 2.75) is 66.7 Å². The molecular formula is C16H31NO. The van der Waals surface area contributed by atoms with Gasteiger partial charge in [0.05, 0.1) is 0 Å². The van der Waals surface area contributed by atoms with E-state index in [0.717, 1.165) is 37.8 Å². The van der Waals surface area contributed by atoms with Crippen molar-refractivity contribution in [2.24, 2.45) is 17.3 Å². The van der Waals surface area contributed by atoms with Gasteiger partial charge in [-0.25, -0.2) is 0 Å². The molecule has 0 aromatic carbocycles. The van der Waals surface area contributed by atoms with Crippen molar-refractivity contribution >= 4 is 5.91 Å². The highest BCUT2D eigenvalue weighted by Crippen LogP contribution is 2.26. The maximum atomic E-state index is 12.2. The Morgan fingerprint density at radius 2 is 1.89 bits per heavy atom. The van der Waals surface area contributed by atoms with E-state index in [2.05, 4.69) is 39.5 Å². The van der Waals surface area contributed by atoms with E-state index >= 15 is 0 Å². The Balaban J connectivity index is 2.40. The summed E-state index contributed by atoms with van der Waals surface area (Å²) in [6.07, 6.45) is 5.38. The van der Waals surface area contributed by atoms with E-state index in [1.165, 1.54) is 19.3 Å². The van der Waals surface area contributed by atoms with E-state index in [1.807, 2.05) is 0 Å². The van der Waals surface area contributed by atoms with Crippen molar-refractivity contribution in [3.05, 3.63) is 0 Å². The van der Waals surface area contributed by atoms with Crippen LogP contribution in [-0.4, -0.2) is 23.9 Å². The monoisotopic (exact) mass is 253 g/mol. The van der Waals surface area contributed by atoms with E-state index in [0.29, 0.717) is 5.91 Å². The molecule has 1 aliphatic rings. The molecule has 0 radical (unpaired) electrons. The number of amides is 1. The quantitative estimate of drug-likeness (QED) is 0.741. The van der Waals surface area contributed by atoms with Crippen LogP contribution in [0.2, 0.25) is 0 Å². The molecule has 0 N–H and O–H groups in total. The summed E-state index contributed by atoms with van der Waals surface area (Å²) < 4.78 is 0. The first-order chi connectivity index (χ1) is 8.29. The van der Waals surface area contributed by atoms with Crippen LogP contribution in [0.4, 0.5) is 0 Å². The summed E-state index contributed by atoms with van der Waals surface area (Å²) in [6.45, 7) is 13.2. The van der Waals surface area contributed by atoms with Crippen LogP contribution in [0.15, 0.2) is 0 Å². The van der Waals surface area contributed by atoms with Gasteiger partial charge in [0, 0.05) is 19.5 Å². The van der Waals surface area contributed by atoms with Crippen LogP contribution in [0.1, 0.15) is 66.7 Å². The normalized spacial score (nSPS) is 22.1. The van der Waals surface area contributed by atoms with Crippen molar-refractivity contribution in [2.75, 3.05) is 13.1 Å². The first-order valence-electron chi connectivity index (χ1n) is 7.57. The molecule has 106 valence electrons. The second kappa shape index (κ2) is 6.58. The third-order valence-corrected chi connectivity index (χ3v) is 4.16. The van der Waals surface area contributed by atoms with Gasteiger partial charge in [0.2, 0.25) is 5.91 Å². The fourth-order valence-electron chi connectivity index (χ4n) is 2.68. The molecular weight excluding hydrogens is 222 g/mol. The van der Waals surface area contributed by atoms with Gasteiger partial charge in [-0.2, -0.15) is 0 Å². The van der Waals surface area contributed by atoms with Crippen LogP contribution < -0.4 is 0 Å². The molecule has 1 heterocycles. The van der Waals surface area contributed by atoms with Gasteiger partial charge in [-0.1, -0.05) is 34.6 Å². The van der Waals surface area contributed by atoms with E-state index in [1.54, 1.807) is 0 Å². The second-order valence-corrected chi connectivity index (χ2v) is 7.38. The summed E-state index contributed by atoms with van der Waals surface area (Å²) >= 11 is 0. The fourth-order valence-corrected chi connectivity index (χ4v) is 2.68. The van der Waals surface area contributed by atoms with Gasteiger partial charge in [0.15, 0.2) is 0 Å². The topological polar surface area (TPSA) is 20.3 Å². The maximum Gasteiger partial charge on any atom is 0.222 e. The van der Waals surface area contributed by atoms with Gasteiger partial charge in [-0.15, -0.1) is 0 Å². The number of carbonyl (C=O) groups excluding carboxylic acids is 1. The lowest BCUT2D eigenvalue weighted by Gasteiger charge is -2.24. The Morgan fingerprint density at radius 1 is 1.22 bits per heavy atom. The lowest BCUT2D eigenvalue weighted by Crippen LogP contribution is -2.32. The molecule has 0 bridgehead atoms. The summed E-state index contributed by atoms with van der Waals surface area (Å²) in [5.74, 6) is 1.94. The number of hydrogen-bond acceptors (Lipinski definition) is 1. The SMILES string of the molecule is CC(C)[C@@H]1CCCN(C(=O)CCC(C)(C)C)CC1. The second-order valence-electron chi connectivity index (χ2n) is 7.38. The minimum Gasteiger partial charge on any atom is -0.343 e. The number of rotatable bonds is 3. The molecule has 1 aliphatic heterocycles. The summed E-state index contributed by atoms with van der Waals surface area (Å²) in [6, 6.07) is 0. The zero-order valence-corrected chi connectivity index (χ0v) is 13.0. The lowest BCUT2D eigenvalue weighted by atomic mass is 9.89. The molecule has 1 saturated heterocycles. The Bertz CT molecular complexity index is 265. The van der Waals surface area contributed by atoms with Gasteiger partial charge < -0.3 is 4.90 Å². The average molecular weight is 253 g/mol. The van der Waals surface area contributed by atoms with Gasteiger partial charge in [0.1, 0.15) is 0 Å². The zero-order chi connectivity index (χ0) is 13.8. The minimum absolute atomic E-state index is 0.266. The molecule has 0 aromatic heterocycles. The fraction of sp³-hybridized carbons (Fsp3) is 0.938. The Labute approximate surface area is 113 Å². The number of carbonyl (C=O) groups is 1. The van der Waals surface area contributed by atoms with Gasteiger partial charge in [0.25, 0.3) is 0 Å². The predicted molar refractivity (Wildman–Crippen MR) is 77.4 cm³/mol. The van der Waals surface area contributed by atoms with Crippen LogP contribution in [0.25, 0.3) is 0 Å². The molecule has 1 fully saturated rings. The smallest absolute Gasteiger partial charge is 0.222 e. The van der Waals surface area contributed by atoms with Crippen molar-refractivity contribution in [1.82, 2.24) is 4.90 Å². The molecule has 1 rings (SSSR count).